The van der Waals surface area contributed by atoms with Gasteiger partial charge < -0.3 is 4.74 Å². The number of aromatic nitrogens is 2. The fraction of sp³-hybridized carbons (Fsp3) is 0.250. The van der Waals surface area contributed by atoms with Crippen molar-refractivity contribution in [2.45, 2.75) is 20.5 Å². The second-order valence-corrected chi connectivity index (χ2v) is 3.51. The first kappa shape index (κ1) is 9.77. The highest BCUT2D eigenvalue weighted by molar-refractivity contribution is 5.25. The number of aromatic amines is 1. The molecule has 0 amide bonds. The molecule has 2 aromatic rings. The van der Waals surface area contributed by atoms with Crippen molar-refractivity contribution in [3.8, 4) is 5.75 Å². The average Bonchev–Trinajstić information content (AvgIpc) is 2.58. The third-order valence-electron chi connectivity index (χ3n) is 2.41. The van der Waals surface area contributed by atoms with Gasteiger partial charge in [-0.25, -0.2) is 0 Å². The lowest BCUT2D eigenvalue weighted by Gasteiger charge is -2.05. The van der Waals surface area contributed by atoms with Gasteiger partial charge in [0.15, 0.2) is 0 Å². The smallest absolute Gasteiger partial charge is 0.119 e. The molecule has 0 aliphatic carbocycles. The van der Waals surface area contributed by atoms with Gasteiger partial charge in [0.2, 0.25) is 0 Å². The Bertz CT molecular complexity index is 415. The molecule has 0 spiro atoms. The monoisotopic (exact) mass is 202 g/mol. The molecular formula is C12H14N2O. The van der Waals surface area contributed by atoms with E-state index in [-0.39, 0.29) is 0 Å². The first-order valence-corrected chi connectivity index (χ1v) is 4.95. The van der Waals surface area contributed by atoms with Crippen LogP contribution in [0.5, 0.6) is 5.75 Å². The largest absolute Gasteiger partial charge is 0.489 e. The van der Waals surface area contributed by atoms with Gasteiger partial charge in [-0.15, -0.1) is 0 Å². The number of para-hydroxylation sites is 1. The second-order valence-electron chi connectivity index (χ2n) is 3.51. The van der Waals surface area contributed by atoms with Gasteiger partial charge >= 0.3 is 0 Å². The zero-order valence-corrected chi connectivity index (χ0v) is 8.95. The van der Waals surface area contributed by atoms with Gasteiger partial charge in [-0.3, -0.25) is 5.10 Å². The van der Waals surface area contributed by atoms with Crippen molar-refractivity contribution in [2.24, 2.45) is 0 Å². The number of nitrogens with one attached hydrogen (secondary N) is 1. The molecule has 0 aliphatic heterocycles. The van der Waals surface area contributed by atoms with Crippen molar-refractivity contribution in [1.82, 2.24) is 10.2 Å². The van der Waals surface area contributed by atoms with Crippen LogP contribution in [0.4, 0.5) is 0 Å². The summed E-state index contributed by atoms with van der Waals surface area (Å²) in [6.45, 7) is 4.55. The van der Waals surface area contributed by atoms with Crippen molar-refractivity contribution < 1.29 is 4.74 Å². The standard InChI is InChI=1S/C12H14N2O/c1-9-12(10(2)14-13-9)8-15-11-6-4-3-5-7-11/h3-7H,8H2,1-2H3,(H,13,14). The number of ether oxygens (including phenoxy) is 1. The molecule has 0 unspecified atom stereocenters. The zero-order valence-electron chi connectivity index (χ0n) is 8.95. The van der Waals surface area contributed by atoms with Crippen LogP contribution >= 0.6 is 0 Å². The van der Waals surface area contributed by atoms with Crippen molar-refractivity contribution in [1.29, 1.82) is 0 Å². The summed E-state index contributed by atoms with van der Waals surface area (Å²) in [5.74, 6) is 0.887. The Hall–Kier alpha value is -1.77. The molecule has 0 aliphatic rings. The van der Waals surface area contributed by atoms with E-state index in [4.69, 9.17) is 4.74 Å². The molecular weight excluding hydrogens is 188 g/mol. The molecule has 3 heteroatoms. The van der Waals surface area contributed by atoms with E-state index in [1.807, 2.05) is 44.2 Å². The molecule has 0 saturated carbocycles. The van der Waals surface area contributed by atoms with Gasteiger partial charge in [0.25, 0.3) is 0 Å². The fourth-order valence-electron chi connectivity index (χ4n) is 1.46. The summed E-state index contributed by atoms with van der Waals surface area (Å²) in [6.07, 6.45) is 0. The van der Waals surface area contributed by atoms with E-state index in [0.717, 1.165) is 22.7 Å². The number of rotatable bonds is 3. The van der Waals surface area contributed by atoms with Crippen molar-refractivity contribution in [2.75, 3.05) is 0 Å². The second kappa shape index (κ2) is 4.17. The summed E-state index contributed by atoms with van der Waals surface area (Å²) in [7, 11) is 0. The highest BCUT2D eigenvalue weighted by atomic mass is 16.5. The normalized spacial score (nSPS) is 10.3. The van der Waals surface area contributed by atoms with E-state index in [9.17, 15) is 0 Å². The first-order chi connectivity index (χ1) is 7.27. The molecule has 1 N–H and O–H groups in total. The van der Waals surface area contributed by atoms with E-state index in [2.05, 4.69) is 10.2 Å². The van der Waals surface area contributed by atoms with E-state index >= 15 is 0 Å². The van der Waals surface area contributed by atoms with Crippen LogP contribution in [0.1, 0.15) is 17.0 Å². The predicted octanol–water partition coefficient (Wildman–Crippen LogP) is 2.61. The Balaban J connectivity index is 2.05. The third-order valence-corrected chi connectivity index (χ3v) is 2.41. The third kappa shape index (κ3) is 2.18. The molecule has 0 radical (unpaired) electrons. The Kier molecular flexibility index (Phi) is 2.72. The Morgan fingerprint density at radius 3 is 2.53 bits per heavy atom. The molecule has 3 nitrogen and oxygen atoms in total. The topological polar surface area (TPSA) is 37.9 Å². The summed E-state index contributed by atoms with van der Waals surface area (Å²) in [6, 6.07) is 9.80. The molecule has 2 rings (SSSR count). The van der Waals surface area contributed by atoms with Crippen LogP contribution in [0.15, 0.2) is 30.3 Å². The molecule has 1 aromatic carbocycles. The number of benzene rings is 1. The Labute approximate surface area is 89.1 Å². The molecule has 1 heterocycles. The highest BCUT2D eigenvalue weighted by Crippen LogP contribution is 2.14. The summed E-state index contributed by atoms with van der Waals surface area (Å²) in [5, 5.41) is 7.07. The van der Waals surface area contributed by atoms with Crippen LogP contribution in [0.2, 0.25) is 0 Å². The highest BCUT2D eigenvalue weighted by Gasteiger charge is 2.06. The lowest BCUT2D eigenvalue weighted by molar-refractivity contribution is 0.304. The van der Waals surface area contributed by atoms with Crippen LogP contribution in [0.3, 0.4) is 0 Å². The predicted molar refractivity (Wildman–Crippen MR) is 58.8 cm³/mol. The van der Waals surface area contributed by atoms with Crippen LogP contribution in [0, 0.1) is 13.8 Å². The van der Waals surface area contributed by atoms with Crippen LogP contribution < -0.4 is 4.74 Å². The summed E-state index contributed by atoms with van der Waals surface area (Å²) >= 11 is 0. The quantitative estimate of drug-likeness (QED) is 0.830. The van der Waals surface area contributed by atoms with Gasteiger partial charge in [-0.1, -0.05) is 18.2 Å². The van der Waals surface area contributed by atoms with E-state index in [1.165, 1.54) is 0 Å². The maximum Gasteiger partial charge on any atom is 0.119 e. The number of hydrogen-bond donors (Lipinski definition) is 1. The molecule has 15 heavy (non-hydrogen) atoms. The first-order valence-electron chi connectivity index (χ1n) is 4.95. The molecule has 0 bridgehead atoms. The lowest BCUT2D eigenvalue weighted by Crippen LogP contribution is -1.97. The van der Waals surface area contributed by atoms with Crippen LogP contribution in [-0.4, -0.2) is 10.2 Å². The van der Waals surface area contributed by atoms with Crippen molar-refractivity contribution in [3.05, 3.63) is 47.3 Å². The maximum absolute atomic E-state index is 5.65. The van der Waals surface area contributed by atoms with Gasteiger partial charge in [0, 0.05) is 11.3 Å². The number of aryl methyl sites for hydroxylation is 2. The molecule has 0 fully saturated rings. The molecule has 78 valence electrons. The van der Waals surface area contributed by atoms with Crippen LogP contribution in [-0.2, 0) is 6.61 Å². The van der Waals surface area contributed by atoms with Crippen molar-refractivity contribution in [3.63, 3.8) is 0 Å². The number of nitrogens with zero attached hydrogens (tertiary/aromatic N) is 1. The minimum absolute atomic E-state index is 0.568. The van der Waals surface area contributed by atoms with E-state index in [1.54, 1.807) is 0 Å². The minimum atomic E-state index is 0.568. The van der Waals surface area contributed by atoms with Gasteiger partial charge in [0.05, 0.1) is 5.69 Å². The SMILES string of the molecule is Cc1n[nH]c(C)c1COc1ccccc1. The van der Waals surface area contributed by atoms with Gasteiger partial charge in [-0.05, 0) is 26.0 Å². The minimum Gasteiger partial charge on any atom is -0.489 e. The van der Waals surface area contributed by atoms with Crippen molar-refractivity contribution >= 4 is 0 Å². The maximum atomic E-state index is 5.65. The molecule has 0 atom stereocenters. The lowest BCUT2D eigenvalue weighted by atomic mass is 10.2. The van der Waals surface area contributed by atoms with Crippen LogP contribution in [0.25, 0.3) is 0 Å². The molecule has 1 aromatic heterocycles. The number of hydrogen-bond acceptors (Lipinski definition) is 2. The summed E-state index contributed by atoms with van der Waals surface area (Å²) < 4.78 is 5.65. The van der Waals surface area contributed by atoms with Gasteiger partial charge in [-0.2, -0.15) is 5.10 Å². The fourth-order valence-corrected chi connectivity index (χ4v) is 1.46. The zero-order chi connectivity index (χ0) is 10.7. The van der Waals surface area contributed by atoms with E-state index < -0.39 is 0 Å². The number of H-pyrrole nitrogens is 1. The average molecular weight is 202 g/mol. The Morgan fingerprint density at radius 1 is 1.20 bits per heavy atom. The molecule has 0 saturated heterocycles. The summed E-state index contributed by atoms with van der Waals surface area (Å²) in [5.41, 5.74) is 3.21. The van der Waals surface area contributed by atoms with E-state index in [0.29, 0.717) is 6.61 Å². The summed E-state index contributed by atoms with van der Waals surface area (Å²) in [4.78, 5) is 0. The van der Waals surface area contributed by atoms with Gasteiger partial charge in [0.1, 0.15) is 12.4 Å². The Morgan fingerprint density at radius 2 is 1.93 bits per heavy atom.